The average molecular weight is 282 g/mol. The third-order valence-electron chi connectivity index (χ3n) is 2.16. The summed E-state index contributed by atoms with van der Waals surface area (Å²) in [5.74, 6) is -1.14. The maximum Gasteiger partial charge on any atom is 0.326 e. The number of carbonyl (C=O) groups is 2. The Morgan fingerprint density at radius 3 is 2.32 bits per heavy atom. The van der Waals surface area contributed by atoms with Crippen LogP contribution in [0.4, 0.5) is 13.6 Å². The molecule has 0 aromatic rings. The van der Waals surface area contributed by atoms with E-state index in [1.807, 2.05) is 0 Å². The predicted octanol–water partition coefficient (Wildman–Crippen LogP) is 1.07. The third-order valence-corrected chi connectivity index (χ3v) is 2.16. The molecule has 0 aromatic heterocycles. The minimum absolute atomic E-state index is 0.0229. The quantitative estimate of drug-likeness (QED) is 0.609. The number of hydrogen-bond acceptors (Lipinski definition) is 3. The van der Waals surface area contributed by atoms with Crippen molar-refractivity contribution in [3.63, 3.8) is 0 Å². The summed E-state index contributed by atoms with van der Waals surface area (Å²) in [6, 6.07) is -1.72. The van der Waals surface area contributed by atoms with Gasteiger partial charge < -0.3 is 20.5 Å². The van der Waals surface area contributed by atoms with Crippen LogP contribution in [0, 0.1) is 5.41 Å². The highest BCUT2D eigenvalue weighted by Gasteiger charge is 2.32. The topological polar surface area (TPSA) is 87.7 Å². The Hall–Kier alpha value is -1.44. The molecule has 0 aliphatic carbocycles. The van der Waals surface area contributed by atoms with E-state index in [0.717, 1.165) is 0 Å². The molecule has 0 saturated heterocycles. The first-order valence-electron chi connectivity index (χ1n) is 5.77. The van der Waals surface area contributed by atoms with E-state index in [2.05, 4.69) is 15.4 Å². The Labute approximate surface area is 110 Å². The fourth-order valence-corrected chi connectivity index (χ4v) is 1.24. The van der Waals surface area contributed by atoms with Crippen molar-refractivity contribution >= 4 is 12.0 Å². The number of urea groups is 1. The molecule has 0 rings (SSSR count). The number of nitrogens with one attached hydrogen (secondary N) is 2. The van der Waals surface area contributed by atoms with Crippen LogP contribution in [-0.4, -0.2) is 49.3 Å². The molecule has 0 bridgehead atoms. The number of amides is 2. The molecule has 0 aromatic carbocycles. The summed E-state index contributed by atoms with van der Waals surface area (Å²) >= 11 is 0. The molecule has 0 saturated carbocycles. The summed E-state index contributed by atoms with van der Waals surface area (Å²) in [5, 5.41) is 13.6. The van der Waals surface area contributed by atoms with Gasteiger partial charge in [-0.05, 0) is 5.41 Å². The van der Waals surface area contributed by atoms with Crippen molar-refractivity contribution in [2.45, 2.75) is 33.2 Å². The lowest BCUT2D eigenvalue weighted by molar-refractivity contribution is -0.141. The fraction of sp³-hybridized carbons (Fsp3) is 0.818. The van der Waals surface area contributed by atoms with Gasteiger partial charge in [-0.1, -0.05) is 20.8 Å². The Bertz CT molecular complexity index is 306. The molecule has 8 heteroatoms. The molecular weight excluding hydrogens is 262 g/mol. The summed E-state index contributed by atoms with van der Waals surface area (Å²) in [5.41, 5.74) is -0.644. The molecule has 0 aliphatic heterocycles. The van der Waals surface area contributed by atoms with E-state index in [1.165, 1.54) is 0 Å². The summed E-state index contributed by atoms with van der Waals surface area (Å²) in [7, 11) is 0. The predicted molar refractivity (Wildman–Crippen MR) is 64.2 cm³/mol. The van der Waals surface area contributed by atoms with Gasteiger partial charge in [-0.25, -0.2) is 18.4 Å². The Kier molecular flexibility index (Phi) is 7.28. The van der Waals surface area contributed by atoms with Crippen LogP contribution >= 0.6 is 0 Å². The first kappa shape index (κ1) is 17.6. The Morgan fingerprint density at radius 2 is 1.89 bits per heavy atom. The molecule has 0 aliphatic rings. The number of ether oxygens (including phenoxy) is 1. The molecule has 1 atom stereocenters. The summed E-state index contributed by atoms with van der Waals surface area (Å²) in [6.45, 7) is 4.30. The number of halogens is 2. The minimum atomic E-state index is -2.55. The average Bonchev–Trinajstić information content (AvgIpc) is 2.23. The van der Waals surface area contributed by atoms with Gasteiger partial charge in [0, 0.05) is 6.54 Å². The first-order valence-corrected chi connectivity index (χ1v) is 5.77. The highest BCUT2D eigenvalue weighted by Crippen LogP contribution is 2.19. The lowest BCUT2D eigenvalue weighted by atomic mass is 9.87. The molecule has 0 fully saturated rings. The van der Waals surface area contributed by atoms with Gasteiger partial charge in [0.25, 0.3) is 6.43 Å². The fourth-order valence-electron chi connectivity index (χ4n) is 1.24. The van der Waals surface area contributed by atoms with E-state index in [1.54, 1.807) is 20.8 Å². The summed E-state index contributed by atoms with van der Waals surface area (Å²) in [4.78, 5) is 22.4. The van der Waals surface area contributed by atoms with Gasteiger partial charge in [-0.3, -0.25) is 0 Å². The molecule has 19 heavy (non-hydrogen) atoms. The maximum atomic E-state index is 11.7. The van der Waals surface area contributed by atoms with Crippen LogP contribution in [0.1, 0.15) is 20.8 Å². The van der Waals surface area contributed by atoms with E-state index in [9.17, 15) is 18.4 Å². The maximum absolute atomic E-state index is 11.7. The molecular formula is C11H20F2N2O4. The second-order valence-corrected chi connectivity index (χ2v) is 5.00. The Balaban J connectivity index is 3.99. The van der Waals surface area contributed by atoms with Crippen LogP contribution in [-0.2, 0) is 9.53 Å². The zero-order valence-electron chi connectivity index (χ0n) is 11.2. The molecule has 0 spiro atoms. The van der Waals surface area contributed by atoms with Crippen LogP contribution in [0.3, 0.4) is 0 Å². The molecule has 6 nitrogen and oxygen atoms in total. The van der Waals surface area contributed by atoms with Crippen LogP contribution in [0.15, 0.2) is 0 Å². The second-order valence-electron chi connectivity index (χ2n) is 5.00. The van der Waals surface area contributed by atoms with Crippen molar-refractivity contribution in [3.05, 3.63) is 0 Å². The zero-order valence-corrected chi connectivity index (χ0v) is 11.2. The number of hydrogen-bond donors (Lipinski definition) is 3. The van der Waals surface area contributed by atoms with Crippen LogP contribution in [0.2, 0.25) is 0 Å². The third kappa shape index (κ3) is 8.30. The summed E-state index contributed by atoms with van der Waals surface area (Å²) < 4.78 is 28.0. The molecule has 3 N–H and O–H groups in total. The van der Waals surface area contributed by atoms with Gasteiger partial charge in [0.1, 0.15) is 12.6 Å². The van der Waals surface area contributed by atoms with E-state index in [-0.39, 0.29) is 13.2 Å². The SMILES string of the molecule is CC(C)(C)[C@H](NC(=O)NCCOCC(F)F)C(=O)O. The van der Waals surface area contributed by atoms with Crippen molar-refractivity contribution in [2.75, 3.05) is 19.8 Å². The van der Waals surface area contributed by atoms with Crippen molar-refractivity contribution in [3.8, 4) is 0 Å². The van der Waals surface area contributed by atoms with Gasteiger partial charge in [-0.2, -0.15) is 0 Å². The van der Waals surface area contributed by atoms with E-state index >= 15 is 0 Å². The van der Waals surface area contributed by atoms with Gasteiger partial charge in [0.2, 0.25) is 0 Å². The van der Waals surface area contributed by atoms with Crippen LogP contribution in [0.5, 0.6) is 0 Å². The number of carbonyl (C=O) groups excluding carboxylic acids is 1. The normalized spacial score (nSPS) is 13.2. The van der Waals surface area contributed by atoms with E-state index in [0.29, 0.717) is 0 Å². The number of aliphatic carboxylic acids is 1. The van der Waals surface area contributed by atoms with Crippen LogP contribution in [0.25, 0.3) is 0 Å². The molecule has 0 unspecified atom stereocenters. The standard InChI is InChI=1S/C11H20F2N2O4/c1-11(2,3)8(9(16)17)15-10(18)14-4-5-19-6-7(12)13/h7-8H,4-6H2,1-3H3,(H,16,17)(H2,14,15,18)/t8-/m1/s1. The highest BCUT2D eigenvalue weighted by molar-refractivity contribution is 5.83. The minimum Gasteiger partial charge on any atom is -0.480 e. The summed E-state index contributed by atoms with van der Waals surface area (Å²) in [6.07, 6.45) is -2.55. The zero-order chi connectivity index (χ0) is 15.1. The second kappa shape index (κ2) is 7.88. The van der Waals surface area contributed by atoms with Crippen molar-refractivity contribution < 1.29 is 28.2 Å². The highest BCUT2D eigenvalue weighted by atomic mass is 19.3. The van der Waals surface area contributed by atoms with E-state index in [4.69, 9.17) is 5.11 Å². The van der Waals surface area contributed by atoms with Crippen molar-refractivity contribution in [1.82, 2.24) is 10.6 Å². The van der Waals surface area contributed by atoms with Crippen LogP contribution < -0.4 is 10.6 Å². The number of alkyl halides is 2. The van der Waals surface area contributed by atoms with Crippen molar-refractivity contribution in [2.24, 2.45) is 5.41 Å². The lowest BCUT2D eigenvalue weighted by Crippen LogP contribution is -2.52. The molecule has 0 heterocycles. The van der Waals surface area contributed by atoms with Gasteiger partial charge in [0.15, 0.2) is 0 Å². The van der Waals surface area contributed by atoms with Gasteiger partial charge in [0.05, 0.1) is 6.61 Å². The molecule has 0 radical (unpaired) electrons. The largest absolute Gasteiger partial charge is 0.480 e. The van der Waals surface area contributed by atoms with Gasteiger partial charge >= 0.3 is 12.0 Å². The first-order chi connectivity index (χ1) is 8.64. The van der Waals surface area contributed by atoms with Gasteiger partial charge in [-0.15, -0.1) is 0 Å². The molecule has 2 amide bonds. The van der Waals surface area contributed by atoms with E-state index < -0.39 is 36.5 Å². The Morgan fingerprint density at radius 1 is 1.32 bits per heavy atom. The monoisotopic (exact) mass is 282 g/mol. The lowest BCUT2D eigenvalue weighted by Gasteiger charge is -2.27. The van der Waals surface area contributed by atoms with Crippen molar-refractivity contribution in [1.29, 1.82) is 0 Å². The molecule has 112 valence electrons. The number of carboxylic acid groups (broad SMARTS) is 1. The smallest absolute Gasteiger partial charge is 0.326 e. The number of rotatable bonds is 7. The number of carboxylic acids is 1.